The molecule has 0 saturated carbocycles. The van der Waals surface area contributed by atoms with E-state index in [-0.39, 0.29) is 18.2 Å². The molecule has 7 heteroatoms. The fourth-order valence-corrected chi connectivity index (χ4v) is 2.57. The number of nitrogens with one attached hydrogen (secondary N) is 2. The van der Waals surface area contributed by atoms with Crippen molar-refractivity contribution in [2.75, 3.05) is 6.54 Å². The summed E-state index contributed by atoms with van der Waals surface area (Å²) in [5, 5.41) is 7.31. The predicted molar refractivity (Wildman–Crippen MR) is 103 cm³/mol. The van der Waals surface area contributed by atoms with Crippen molar-refractivity contribution in [1.29, 1.82) is 0 Å². The zero-order valence-electron chi connectivity index (χ0n) is 13.3. The molecule has 0 atom stereocenters. The number of halogens is 2. The SMILES string of the molecule is O=C(CCCNC(=O)c1ccccc1Br)NN=Cc1ccc(Cl)cc1. The summed E-state index contributed by atoms with van der Waals surface area (Å²) < 4.78 is 0.738. The molecular formula is C18H17BrClN3O2. The molecule has 2 rings (SSSR count). The highest BCUT2D eigenvalue weighted by Gasteiger charge is 2.08. The summed E-state index contributed by atoms with van der Waals surface area (Å²) >= 11 is 9.12. The molecule has 5 nitrogen and oxygen atoms in total. The van der Waals surface area contributed by atoms with E-state index >= 15 is 0 Å². The molecule has 0 aromatic heterocycles. The van der Waals surface area contributed by atoms with Gasteiger partial charge in [0.05, 0.1) is 11.8 Å². The van der Waals surface area contributed by atoms with Gasteiger partial charge in [0.25, 0.3) is 5.91 Å². The maximum absolute atomic E-state index is 12.0. The van der Waals surface area contributed by atoms with Crippen LogP contribution in [0.4, 0.5) is 0 Å². The Morgan fingerprint density at radius 2 is 1.84 bits per heavy atom. The maximum Gasteiger partial charge on any atom is 0.252 e. The number of carbonyl (C=O) groups excluding carboxylic acids is 2. The first kappa shape index (κ1) is 19.1. The lowest BCUT2D eigenvalue weighted by Gasteiger charge is -2.06. The number of rotatable bonds is 7. The zero-order chi connectivity index (χ0) is 18.1. The molecule has 0 aliphatic heterocycles. The molecular weight excluding hydrogens is 406 g/mol. The maximum atomic E-state index is 12.0. The normalized spacial score (nSPS) is 10.6. The van der Waals surface area contributed by atoms with E-state index in [4.69, 9.17) is 11.6 Å². The molecule has 2 amide bonds. The second-order valence-corrected chi connectivity index (χ2v) is 6.47. The standard InChI is InChI=1S/C18H17BrClN3O2/c19-16-5-2-1-4-15(16)18(25)21-11-3-6-17(24)23-22-12-13-7-9-14(20)10-8-13/h1-2,4-5,7-10,12H,3,6,11H2,(H,21,25)(H,23,24). The Balaban J connectivity index is 1.66. The van der Waals surface area contributed by atoms with Gasteiger partial charge in [-0.3, -0.25) is 9.59 Å². The minimum atomic E-state index is -0.208. The van der Waals surface area contributed by atoms with Crippen LogP contribution in [0.5, 0.6) is 0 Å². The molecule has 0 aliphatic carbocycles. The lowest BCUT2D eigenvalue weighted by atomic mass is 10.2. The smallest absolute Gasteiger partial charge is 0.252 e. The van der Waals surface area contributed by atoms with Crippen molar-refractivity contribution in [2.45, 2.75) is 12.8 Å². The van der Waals surface area contributed by atoms with E-state index in [0.29, 0.717) is 23.6 Å². The van der Waals surface area contributed by atoms with Crippen molar-refractivity contribution >= 4 is 45.6 Å². The van der Waals surface area contributed by atoms with Gasteiger partial charge in [-0.05, 0) is 52.2 Å². The fraction of sp³-hybridized carbons (Fsp3) is 0.167. The van der Waals surface area contributed by atoms with Crippen molar-refractivity contribution in [2.24, 2.45) is 5.10 Å². The van der Waals surface area contributed by atoms with Gasteiger partial charge in [0.2, 0.25) is 5.91 Å². The molecule has 0 fully saturated rings. The van der Waals surface area contributed by atoms with E-state index < -0.39 is 0 Å². The Bertz CT molecular complexity index is 763. The summed E-state index contributed by atoms with van der Waals surface area (Å²) in [6, 6.07) is 14.3. The monoisotopic (exact) mass is 421 g/mol. The van der Waals surface area contributed by atoms with Gasteiger partial charge in [-0.2, -0.15) is 5.10 Å². The van der Waals surface area contributed by atoms with Crippen LogP contribution in [-0.2, 0) is 4.79 Å². The number of amides is 2. The third-order valence-corrected chi connectivity index (χ3v) is 4.20. The van der Waals surface area contributed by atoms with Crippen LogP contribution in [0.3, 0.4) is 0 Å². The third-order valence-electron chi connectivity index (χ3n) is 3.26. The van der Waals surface area contributed by atoms with Crippen LogP contribution in [0.25, 0.3) is 0 Å². The van der Waals surface area contributed by atoms with Gasteiger partial charge in [0.1, 0.15) is 0 Å². The lowest BCUT2D eigenvalue weighted by Crippen LogP contribution is -2.26. The summed E-state index contributed by atoms with van der Waals surface area (Å²) in [5.74, 6) is -0.381. The van der Waals surface area contributed by atoms with Gasteiger partial charge in [-0.25, -0.2) is 5.43 Å². The predicted octanol–water partition coefficient (Wildman–Crippen LogP) is 3.76. The average Bonchev–Trinajstić information content (AvgIpc) is 2.60. The van der Waals surface area contributed by atoms with E-state index in [9.17, 15) is 9.59 Å². The number of carbonyl (C=O) groups is 2. The van der Waals surface area contributed by atoms with Crippen LogP contribution in [-0.4, -0.2) is 24.6 Å². The Labute approximate surface area is 159 Å². The van der Waals surface area contributed by atoms with Gasteiger partial charge in [0, 0.05) is 22.5 Å². The molecule has 2 aromatic carbocycles. The van der Waals surface area contributed by atoms with Crippen molar-refractivity contribution < 1.29 is 9.59 Å². The minimum absolute atomic E-state index is 0.173. The van der Waals surface area contributed by atoms with Crippen molar-refractivity contribution in [1.82, 2.24) is 10.7 Å². The van der Waals surface area contributed by atoms with Gasteiger partial charge in [-0.1, -0.05) is 35.9 Å². The van der Waals surface area contributed by atoms with Crippen molar-refractivity contribution in [3.63, 3.8) is 0 Å². The highest BCUT2D eigenvalue weighted by Crippen LogP contribution is 2.15. The Morgan fingerprint density at radius 3 is 2.56 bits per heavy atom. The van der Waals surface area contributed by atoms with Crippen molar-refractivity contribution in [3.8, 4) is 0 Å². The number of hydrogen-bond acceptors (Lipinski definition) is 3. The van der Waals surface area contributed by atoms with Gasteiger partial charge < -0.3 is 5.32 Å². The topological polar surface area (TPSA) is 70.6 Å². The fourth-order valence-electron chi connectivity index (χ4n) is 1.97. The number of benzene rings is 2. The summed E-state index contributed by atoms with van der Waals surface area (Å²) in [6.07, 6.45) is 2.34. The van der Waals surface area contributed by atoms with E-state index in [1.54, 1.807) is 48.7 Å². The van der Waals surface area contributed by atoms with E-state index in [2.05, 4.69) is 31.8 Å². The quantitative estimate of drug-likeness (QED) is 0.405. The van der Waals surface area contributed by atoms with E-state index in [1.807, 2.05) is 6.07 Å². The molecule has 130 valence electrons. The number of hydrogen-bond donors (Lipinski definition) is 2. The van der Waals surface area contributed by atoms with E-state index in [0.717, 1.165) is 10.0 Å². The minimum Gasteiger partial charge on any atom is -0.352 e. The summed E-state index contributed by atoms with van der Waals surface area (Å²) in [4.78, 5) is 23.7. The highest BCUT2D eigenvalue weighted by molar-refractivity contribution is 9.10. The average molecular weight is 423 g/mol. The van der Waals surface area contributed by atoms with Crippen LogP contribution >= 0.6 is 27.5 Å². The second kappa shape index (κ2) is 9.96. The first-order valence-electron chi connectivity index (χ1n) is 7.66. The molecule has 0 heterocycles. The summed E-state index contributed by atoms with van der Waals surface area (Å²) in [5.41, 5.74) is 3.86. The molecule has 0 spiro atoms. The number of nitrogens with zero attached hydrogens (tertiary/aromatic N) is 1. The van der Waals surface area contributed by atoms with Crippen LogP contribution < -0.4 is 10.7 Å². The van der Waals surface area contributed by atoms with E-state index in [1.165, 1.54) is 0 Å². The second-order valence-electron chi connectivity index (χ2n) is 5.18. The molecule has 2 N–H and O–H groups in total. The van der Waals surface area contributed by atoms with Crippen LogP contribution in [0, 0.1) is 0 Å². The van der Waals surface area contributed by atoms with Crippen molar-refractivity contribution in [3.05, 3.63) is 69.2 Å². The zero-order valence-corrected chi connectivity index (χ0v) is 15.7. The first-order chi connectivity index (χ1) is 12.1. The molecule has 0 bridgehead atoms. The van der Waals surface area contributed by atoms with Crippen LogP contribution in [0.1, 0.15) is 28.8 Å². The molecule has 0 saturated heterocycles. The largest absolute Gasteiger partial charge is 0.352 e. The Morgan fingerprint density at radius 1 is 1.12 bits per heavy atom. The molecule has 0 aliphatic rings. The molecule has 0 unspecified atom stereocenters. The van der Waals surface area contributed by atoms with Crippen LogP contribution in [0.2, 0.25) is 5.02 Å². The van der Waals surface area contributed by atoms with Gasteiger partial charge in [-0.15, -0.1) is 0 Å². The van der Waals surface area contributed by atoms with Gasteiger partial charge in [0.15, 0.2) is 0 Å². The molecule has 0 radical (unpaired) electrons. The highest BCUT2D eigenvalue weighted by atomic mass is 79.9. The molecule has 25 heavy (non-hydrogen) atoms. The van der Waals surface area contributed by atoms with Gasteiger partial charge >= 0.3 is 0 Å². The first-order valence-corrected chi connectivity index (χ1v) is 8.83. The third kappa shape index (κ3) is 6.68. The Hall–Kier alpha value is -2.18. The Kier molecular flexibility index (Phi) is 7.63. The lowest BCUT2D eigenvalue weighted by molar-refractivity contribution is -0.121. The summed E-state index contributed by atoms with van der Waals surface area (Å²) in [7, 11) is 0. The summed E-state index contributed by atoms with van der Waals surface area (Å²) in [6.45, 7) is 0.411. The van der Waals surface area contributed by atoms with Crippen LogP contribution in [0.15, 0.2) is 58.1 Å². The number of hydrazone groups is 1. The molecule has 2 aromatic rings.